The molecule has 9 heteroatoms. The Kier molecular flexibility index (Phi) is 7.01. The van der Waals surface area contributed by atoms with E-state index in [4.69, 9.17) is 11.6 Å². The summed E-state index contributed by atoms with van der Waals surface area (Å²) in [4.78, 5) is 15.1. The lowest BCUT2D eigenvalue weighted by atomic mass is 10.1. The van der Waals surface area contributed by atoms with Gasteiger partial charge < -0.3 is 10.2 Å². The summed E-state index contributed by atoms with van der Waals surface area (Å²) >= 11 is 7.84. The molecule has 6 nitrogen and oxygen atoms in total. The lowest BCUT2D eigenvalue weighted by Gasteiger charge is -2.20. The van der Waals surface area contributed by atoms with Crippen LogP contribution < -0.4 is 10.2 Å². The lowest BCUT2D eigenvalue weighted by Crippen LogP contribution is -2.33. The van der Waals surface area contributed by atoms with Crippen molar-refractivity contribution >= 4 is 35.2 Å². The summed E-state index contributed by atoms with van der Waals surface area (Å²) in [5, 5.41) is 12.6. The van der Waals surface area contributed by atoms with E-state index in [0.717, 1.165) is 43.1 Å². The highest BCUT2D eigenvalue weighted by Crippen LogP contribution is 2.33. The van der Waals surface area contributed by atoms with Gasteiger partial charge in [0.25, 0.3) is 0 Å². The van der Waals surface area contributed by atoms with E-state index < -0.39 is 5.25 Å². The average Bonchev–Trinajstić information content (AvgIpc) is 3.44. The number of carbonyl (C=O) groups excluding carboxylic acids is 1. The zero-order valence-corrected chi connectivity index (χ0v) is 19.5. The van der Waals surface area contributed by atoms with Gasteiger partial charge in [-0.3, -0.25) is 9.36 Å². The van der Waals surface area contributed by atoms with Crippen LogP contribution in [0.4, 0.5) is 10.3 Å². The molecule has 1 saturated heterocycles. The Morgan fingerprint density at radius 2 is 1.78 bits per heavy atom. The van der Waals surface area contributed by atoms with Gasteiger partial charge in [0.2, 0.25) is 11.9 Å². The first-order valence-corrected chi connectivity index (χ1v) is 11.9. The number of hydrogen-bond acceptors (Lipinski definition) is 5. The van der Waals surface area contributed by atoms with Crippen LogP contribution in [-0.4, -0.2) is 39.0 Å². The first-order chi connectivity index (χ1) is 15.4. The Morgan fingerprint density at radius 1 is 1.09 bits per heavy atom. The quantitative estimate of drug-likeness (QED) is 0.488. The Bertz CT molecular complexity index is 1080. The second-order valence-electron chi connectivity index (χ2n) is 7.81. The fourth-order valence-corrected chi connectivity index (χ4v) is 4.77. The molecular formula is C23H25ClFN5OS. The molecule has 168 valence electrons. The molecule has 2 unspecified atom stereocenters. The van der Waals surface area contributed by atoms with Crippen molar-refractivity contribution in [1.29, 1.82) is 0 Å². The molecule has 4 rings (SSSR count). The number of thioether (sulfide) groups is 1. The van der Waals surface area contributed by atoms with Crippen LogP contribution in [0.2, 0.25) is 5.02 Å². The number of anilines is 1. The molecule has 3 aromatic rings. The van der Waals surface area contributed by atoms with Gasteiger partial charge in [0.1, 0.15) is 5.82 Å². The maximum atomic E-state index is 13.2. The van der Waals surface area contributed by atoms with Crippen LogP contribution in [0.5, 0.6) is 0 Å². The summed E-state index contributed by atoms with van der Waals surface area (Å²) in [5.41, 5.74) is 1.63. The van der Waals surface area contributed by atoms with Gasteiger partial charge in [-0.2, -0.15) is 0 Å². The Labute approximate surface area is 196 Å². The molecule has 32 heavy (non-hydrogen) atoms. The topological polar surface area (TPSA) is 63.1 Å². The van der Waals surface area contributed by atoms with Gasteiger partial charge in [0.05, 0.1) is 22.0 Å². The molecule has 0 radical (unpaired) electrons. The van der Waals surface area contributed by atoms with Gasteiger partial charge in [-0.15, -0.1) is 10.2 Å². The monoisotopic (exact) mass is 473 g/mol. The summed E-state index contributed by atoms with van der Waals surface area (Å²) in [5.74, 6) is 0.303. The normalized spacial score (nSPS) is 15.6. The van der Waals surface area contributed by atoms with Crippen LogP contribution in [0, 0.1) is 5.82 Å². The zero-order chi connectivity index (χ0) is 22.7. The smallest absolute Gasteiger partial charge is 0.233 e. The van der Waals surface area contributed by atoms with E-state index >= 15 is 0 Å². The maximum Gasteiger partial charge on any atom is 0.233 e. The van der Waals surface area contributed by atoms with Crippen LogP contribution in [0.25, 0.3) is 5.69 Å². The number of para-hydroxylation sites is 1. The van der Waals surface area contributed by atoms with Crippen molar-refractivity contribution in [3.05, 3.63) is 64.9 Å². The molecule has 0 bridgehead atoms. The van der Waals surface area contributed by atoms with Crippen LogP contribution in [-0.2, 0) is 4.79 Å². The highest BCUT2D eigenvalue weighted by Gasteiger charge is 2.26. The Balaban J connectivity index is 1.55. The molecule has 2 aromatic carbocycles. The zero-order valence-electron chi connectivity index (χ0n) is 18.0. The molecule has 0 spiro atoms. The number of hydrogen-bond donors (Lipinski definition) is 1. The third-order valence-electron chi connectivity index (χ3n) is 5.48. The summed E-state index contributed by atoms with van der Waals surface area (Å²) in [6, 6.07) is 13.5. The number of nitrogens with one attached hydrogen (secondary N) is 1. The summed E-state index contributed by atoms with van der Waals surface area (Å²) < 4.78 is 15.1. The Hall–Kier alpha value is -2.58. The van der Waals surface area contributed by atoms with Crippen LogP contribution in [0.15, 0.2) is 53.7 Å². The minimum Gasteiger partial charge on any atom is -0.349 e. The van der Waals surface area contributed by atoms with Crippen molar-refractivity contribution in [3.63, 3.8) is 0 Å². The van der Waals surface area contributed by atoms with Crippen LogP contribution >= 0.6 is 23.4 Å². The third-order valence-corrected chi connectivity index (χ3v) is 6.84. The van der Waals surface area contributed by atoms with Crippen molar-refractivity contribution in [2.75, 3.05) is 18.0 Å². The van der Waals surface area contributed by atoms with E-state index in [2.05, 4.69) is 20.4 Å². The first-order valence-electron chi connectivity index (χ1n) is 10.6. The van der Waals surface area contributed by atoms with E-state index in [9.17, 15) is 9.18 Å². The molecule has 1 aliphatic heterocycles. The van der Waals surface area contributed by atoms with Gasteiger partial charge in [-0.25, -0.2) is 4.39 Å². The molecule has 1 N–H and O–H groups in total. The van der Waals surface area contributed by atoms with Gasteiger partial charge in [-0.05, 0) is 56.5 Å². The van der Waals surface area contributed by atoms with Gasteiger partial charge in [-0.1, -0.05) is 47.6 Å². The largest absolute Gasteiger partial charge is 0.349 e. The maximum absolute atomic E-state index is 13.2. The number of halogens is 2. The van der Waals surface area contributed by atoms with E-state index in [0.29, 0.717) is 10.2 Å². The predicted octanol–water partition coefficient (Wildman–Crippen LogP) is 5.02. The van der Waals surface area contributed by atoms with Crippen molar-refractivity contribution in [1.82, 2.24) is 20.1 Å². The second-order valence-corrected chi connectivity index (χ2v) is 9.52. The summed E-state index contributed by atoms with van der Waals surface area (Å²) in [6.45, 7) is 5.54. The molecule has 1 aromatic heterocycles. The fourth-order valence-electron chi connectivity index (χ4n) is 3.68. The standard InChI is InChI=1S/C23H25ClFN5OS/c1-15(17-9-11-18(25)12-10-17)26-21(31)16(2)32-23-28-27-22(29-13-5-6-14-29)30(23)20-8-4-3-7-19(20)24/h3-4,7-12,15-16H,5-6,13-14H2,1-2H3,(H,26,31). The molecule has 2 atom stereocenters. The molecule has 1 fully saturated rings. The second kappa shape index (κ2) is 9.92. The highest BCUT2D eigenvalue weighted by molar-refractivity contribution is 8.00. The van der Waals surface area contributed by atoms with Crippen LogP contribution in [0.1, 0.15) is 38.3 Å². The Morgan fingerprint density at radius 3 is 2.47 bits per heavy atom. The van der Waals surface area contributed by atoms with Crippen molar-refractivity contribution in [3.8, 4) is 5.69 Å². The van der Waals surface area contributed by atoms with E-state index in [-0.39, 0.29) is 17.8 Å². The molecule has 0 aliphatic carbocycles. The fraction of sp³-hybridized carbons (Fsp3) is 0.348. The number of benzene rings is 2. The minimum absolute atomic E-state index is 0.136. The molecular weight excluding hydrogens is 449 g/mol. The SMILES string of the molecule is CC(Sc1nnc(N2CCCC2)n1-c1ccccc1Cl)C(=O)NC(C)c1ccc(F)cc1. The van der Waals surface area contributed by atoms with Gasteiger partial charge in [0.15, 0.2) is 5.16 Å². The summed E-state index contributed by atoms with van der Waals surface area (Å²) in [7, 11) is 0. The number of amides is 1. The number of nitrogens with zero attached hydrogens (tertiary/aromatic N) is 4. The van der Waals surface area contributed by atoms with Crippen LogP contribution in [0.3, 0.4) is 0 Å². The van der Waals surface area contributed by atoms with Crippen molar-refractivity contribution in [2.45, 2.75) is 43.1 Å². The van der Waals surface area contributed by atoms with Crippen molar-refractivity contribution in [2.24, 2.45) is 0 Å². The van der Waals surface area contributed by atoms with E-state index in [1.165, 1.54) is 23.9 Å². The van der Waals surface area contributed by atoms with E-state index in [1.54, 1.807) is 12.1 Å². The van der Waals surface area contributed by atoms with Gasteiger partial charge >= 0.3 is 0 Å². The average molecular weight is 474 g/mol. The third kappa shape index (κ3) is 4.91. The molecule has 0 saturated carbocycles. The van der Waals surface area contributed by atoms with E-state index in [1.807, 2.05) is 42.7 Å². The molecule has 2 heterocycles. The molecule has 1 aliphatic rings. The van der Waals surface area contributed by atoms with Crippen molar-refractivity contribution < 1.29 is 9.18 Å². The number of rotatable bonds is 7. The first kappa shape index (κ1) is 22.6. The molecule has 1 amide bonds. The summed E-state index contributed by atoms with van der Waals surface area (Å²) in [6.07, 6.45) is 2.22. The van der Waals surface area contributed by atoms with Gasteiger partial charge in [0, 0.05) is 13.1 Å². The highest BCUT2D eigenvalue weighted by atomic mass is 35.5. The number of aromatic nitrogens is 3. The lowest BCUT2D eigenvalue weighted by molar-refractivity contribution is -0.120. The number of carbonyl (C=O) groups is 1. The predicted molar refractivity (Wildman–Crippen MR) is 126 cm³/mol. The minimum atomic E-state index is -0.422.